The molecule has 0 radical (unpaired) electrons. The quantitative estimate of drug-likeness (QED) is 0.0115. The van der Waals surface area contributed by atoms with Gasteiger partial charge in [-0.3, -0.25) is 82.1 Å². The van der Waals surface area contributed by atoms with Crippen molar-refractivity contribution < 1.29 is 96.4 Å². The highest BCUT2D eigenvalue weighted by Gasteiger charge is 2.38. The zero-order valence-corrected chi connectivity index (χ0v) is 77.2. The summed E-state index contributed by atoms with van der Waals surface area (Å²) in [6, 6.07) is 0.166. The Morgan fingerprint density at radius 3 is 1.84 bits per heavy atom. The third-order valence-electron chi connectivity index (χ3n) is 22.7. The Hall–Kier alpha value is -12.8. The third-order valence-corrected chi connectivity index (χ3v) is 22.7. The molecule has 4 heterocycles. The van der Waals surface area contributed by atoms with E-state index >= 15 is 0 Å². The van der Waals surface area contributed by atoms with Crippen LogP contribution in [0.3, 0.4) is 0 Å². The summed E-state index contributed by atoms with van der Waals surface area (Å²) in [5.41, 5.74) is 19.4. The number of tetrazole rings is 1. The van der Waals surface area contributed by atoms with Crippen LogP contribution in [-0.4, -0.2) is 279 Å². The zero-order valence-electron chi connectivity index (χ0n) is 77.2. The molecule has 2 aromatic carbocycles. The Balaban J connectivity index is 1.05. The van der Waals surface area contributed by atoms with E-state index in [1.165, 1.54) is 70.8 Å². The number of nitrogens with one attached hydrogen (secondary N) is 18. The lowest BCUT2D eigenvalue weighted by atomic mass is 9.94. The fourth-order valence-electron chi connectivity index (χ4n) is 14.9. The molecule has 1 saturated heterocycles. The van der Waals surface area contributed by atoms with Gasteiger partial charge >= 0.3 is 0 Å². The monoisotopic (exact) mass is 1890 g/mol. The highest BCUT2D eigenvalue weighted by atomic mass is 16.5. The fourth-order valence-corrected chi connectivity index (χ4v) is 14.9. The van der Waals surface area contributed by atoms with Gasteiger partial charge in [-0.2, -0.15) is 0 Å². The average molecular weight is 1890 g/mol. The molecule has 45 nitrogen and oxygen atoms in total. The maximum Gasteiger partial charge on any atom is 0.246 e. The minimum Gasteiger partial charge on any atom is -0.394 e. The number of rotatable bonds is 57. The van der Waals surface area contributed by atoms with Crippen molar-refractivity contribution in [3.8, 4) is 0 Å². The molecule has 744 valence electrons. The predicted molar refractivity (Wildman–Crippen MR) is 494 cm³/mol. The number of nitrogens with two attached hydrogens (primary N) is 3. The molecule has 0 spiro atoms. The molecule has 45 heteroatoms. The molecular formula is C90H139N25O20. The maximum atomic E-state index is 14.9. The van der Waals surface area contributed by atoms with Gasteiger partial charge < -0.3 is 121 Å². The number of H-pyrrole nitrogens is 3. The number of aliphatic hydroxyl groups is 2. The molecule has 0 bridgehead atoms. The van der Waals surface area contributed by atoms with Crippen LogP contribution < -0.4 is 91.6 Å². The van der Waals surface area contributed by atoms with E-state index in [9.17, 15) is 86.9 Å². The number of imidazole rings is 1. The topological polar surface area (TPSA) is 701 Å². The van der Waals surface area contributed by atoms with Gasteiger partial charge in [-0.15, -0.1) is 5.10 Å². The van der Waals surface area contributed by atoms with Crippen molar-refractivity contribution >= 4 is 111 Å². The lowest BCUT2D eigenvalue weighted by Gasteiger charge is -2.28. The minimum absolute atomic E-state index is 0.0121. The maximum absolute atomic E-state index is 14.9. The van der Waals surface area contributed by atoms with Crippen molar-refractivity contribution in [2.24, 2.45) is 23.1 Å². The number of aromatic nitrogens is 7. The molecule has 135 heavy (non-hydrogen) atoms. The first kappa shape index (κ1) is 111. The van der Waals surface area contributed by atoms with E-state index in [2.05, 4.69) is 110 Å². The Labute approximate surface area is 784 Å². The summed E-state index contributed by atoms with van der Waals surface area (Å²) in [7, 11) is 0. The molecule has 0 saturated carbocycles. The van der Waals surface area contributed by atoms with Gasteiger partial charge in [-0.25, -0.2) is 10.1 Å². The number of ketones is 2. The van der Waals surface area contributed by atoms with Crippen LogP contribution in [0.4, 0.5) is 0 Å². The van der Waals surface area contributed by atoms with Crippen molar-refractivity contribution in [2.45, 2.75) is 273 Å². The summed E-state index contributed by atoms with van der Waals surface area (Å²) in [5.74, 6) is -14.5. The van der Waals surface area contributed by atoms with Crippen molar-refractivity contribution in [3.05, 3.63) is 96.0 Å². The number of benzene rings is 2. The number of aromatic amines is 3. The number of ether oxygens (including phenoxy) is 2. The molecule has 1 aliphatic rings. The standard InChI is InChI=1S/C90H139N25O20/c1-3-4-29-66(82(126)104-65-36-38-78(122)96-39-24-23-30-63(57(2)118)103-86(130)70(46-60-50-99-64-31-22-21-28-62(60)64)109-83(127)67(32-25-40-98-90(93)94)105-85(129)69(45-58-26-17-16-18-27-58)108-81(125)59(49-91)47-74(65)119)106-89(133)73(54-117)111-87(131)71(48-61-51-95-56-101-61)110-84(128)68(35-37-75(92)120)107-88(132)72(53-116)102-79(123)52-100-80(124)55-135-44-43-134-42-41-97-77(121)34-20-15-13-11-9-7-5-6-8-10-12-14-19-33-76-112-114-115-113-76/h16-18,21-22,26-28,31,50-51,56,59,63,65-73,99,116-117H,3-15,19-20,23-25,29-30,32-49,52-55,91H2,1-2H3,(H2,92,120)(H,95,101)(H,96,122)(H,97,121)(H,100,124)(H,102,123)(H,103,130)(H,104,126)(H,105,129)(H,106,133)(H,107,132)(H,108,125)(H,109,127)(H,110,128)(H,111,131)(H4,93,94,98)(H,112,113,114,115)/t59-,63-,65-,66-,67-,68-,69+,70-,71-,72-,73-/m0/s1. The molecule has 14 amide bonds. The fraction of sp³-hybridized carbons (Fsp3) is 0.611. The number of amides is 14. The first-order valence-electron chi connectivity index (χ1n) is 46.7. The van der Waals surface area contributed by atoms with Crippen molar-refractivity contribution in [2.75, 3.05) is 72.4 Å². The molecular weight excluding hydrogens is 1750 g/mol. The number of aryl methyl sites for hydroxylation is 1. The van der Waals surface area contributed by atoms with Crippen LogP contribution in [0.25, 0.3) is 10.9 Å². The second-order valence-corrected chi connectivity index (χ2v) is 33.5. The van der Waals surface area contributed by atoms with E-state index < -0.39 is 226 Å². The van der Waals surface area contributed by atoms with Crippen molar-refractivity contribution in [1.29, 1.82) is 5.41 Å². The van der Waals surface area contributed by atoms with Crippen LogP contribution in [0.5, 0.6) is 0 Å². The van der Waals surface area contributed by atoms with Crippen LogP contribution in [0, 0.1) is 11.3 Å². The van der Waals surface area contributed by atoms with Gasteiger partial charge in [0.1, 0.15) is 60.8 Å². The van der Waals surface area contributed by atoms with Crippen LogP contribution in [-0.2, 0) is 112 Å². The zero-order chi connectivity index (χ0) is 98.1. The molecule has 11 atom stereocenters. The average Bonchev–Trinajstić information content (AvgIpc) is 1.70. The van der Waals surface area contributed by atoms with Crippen molar-refractivity contribution in [3.63, 3.8) is 0 Å². The van der Waals surface area contributed by atoms with Gasteiger partial charge in [-0.05, 0) is 98.8 Å². The lowest BCUT2D eigenvalue weighted by Crippen LogP contribution is -2.61. The van der Waals surface area contributed by atoms with Crippen LogP contribution >= 0.6 is 0 Å². The number of para-hydroxylation sites is 1. The highest BCUT2D eigenvalue weighted by molar-refractivity contribution is 6.00. The molecule has 0 unspecified atom stereocenters. The molecule has 1 fully saturated rings. The number of nitrogens with zero attached hydrogens (tertiary/aromatic N) is 4. The molecule has 6 rings (SSSR count). The van der Waals surface area contributed by atoms with Gasteiger partial charge in [-0.1, -0.05) is 139 Å². The Bertz CT molecular complexity index is 4540. The highest BCUT2D eigenvalue weighted by Crippen LogP contribution is 2.22. The normalized spacial score (nSPS) is 17.8. The molecule has 0 aliphatic carbocycles. The van der Waals surface area contributed by atoms with Crippen LogP contribution in [0.2, 0.25) is 0 Å². The number of hydrogen-bond acceptors (Lipinski definition) is 26. The Morgan fingerprint density at radius 1 is 0.585 bits per heavy atom. The van der Waals surface area contributed by atoms with Gasteiger partial charge in [0.25, 0.3) is 0 Å². The summed E-state index contributed by atoms with van der Waals surface area (Å²) in [6.07, 6.45) is 18.5. The lowest BCUT2D eigenvalue weighted by molar-refractivity contribution is -0.136. The van der Waals surface area contributed by atoms with E-state index in [4.69, 9.17) is 32.1 Å². The van der Waals surface area contributed by atoms with Gasteiger partial charge in [0.15, 0.2) is 17.5 Å². The van der Waals surface area contributed by atoms with E-state index in [0.29, 0.717) is 24.0 Å². The smallest absolute Gasteiger partial charge is 0.246 e. The summed E-state index contributed by atoms with van der Waals surface area (Å²) >= 11 is 0. The van der Waals surface area contributed by atoms with E-state index in [-0.39, 0.29) is 115 Å². The number of Topliss-reactive ketones (excluding diaryl/α,β-unsaturated/α-hetero) is 2. The molecule has 5 aromatic rings. The van der Waals surface area contributed by atoms with E-state index in [0.717, 1.165) is 55.3 Å². The minimum atomic E-state index is -1.90. The summed E-state index contributed by atoms with van der Waals surface area (Å²) in [6.45, 7) is -0.174. The number of guanidine groups is 1. The van der Waals surface area contributed by atoms with E-state index in [1.807, 2.05) is 18.2 Å². The number of unbranched alkanes of at least 4 members (excludes halogenated alkanes) is 13. The van der Waals surface area contributed by atoms with Crippen molar-refractivity contribution in [1.82, 2.24) is 110 Å². The first-order valence-corrected chi connectivity index (χ1v) is 46.7. The van der Waals surface area contributed by atoms with Crippen LogP contribution in [0.1, 0.15) is 210 Å². The number of primary amides is 1. The molecule has 26 N–H and O–H groups in total. The molecule has 3 aromatic heterocycles. The summed E-state index contributed by atoms with van der Waals surface area (Å²) < 4.78 is 10.8. The SMILES string of the molecule is CCCC[C@H](NC(=O)[C@H](CO)NC(=O)[C@H](Cc1c[nH]cn1)NC(=O)[C@H](CCC(N)=O)NC(=O)[C@H](CO)NC(=O)CNC(=O)COCCOCCNC(=O)CCCCCCCCCCCCCCCc1nnn[nH]1)C(=O)N[C@H]1CCC(=O)NCCCC[C@@H](C(C)=O)NC(=O)[C@H](Cc2c[nH]c3ccccc23)NC(=O)[C@H](CCCNC(=N)N)NC(=O)[C@@H](Cc2ccccc2)NC(=O)[C@H](CN)CC1=O. The predicted octanol–water partition coefficient (Wildman–Crippen LogP) is -1.84. The largest absolute Gasteiger partial charge is 0.394 e. The third kappa shape index (κ3) is 43.9. The summed E-state index contributed by atoms with van der Waals surface area (Å²) in [5, 5.41) is 79.6. The molecule has 1 aliphatic heterocycles. The number of fused-ring (bicyclic) bond motifs is 1. The Kier molecular flexibility index (Phi) is 52.2. The second kappa shape index (κ2) is 63.4. The van der Waals surface area contributed by atoms with Crippen LogP contribution in [0.15, 0.2) is 73.3 Å². The van der Waals surface area contributed by atoms with Gasteiger partial charge in [0.05, 0.1) is 69.6 Å². The summed E-state index contributed by atoms with van der Waals surface area (Å²) in [4.78, 5) is 233. The van der Waals surface area contributed by atoms with Gasteiger partial charge in [0.2, 0.25) is 82.7 Å². The first-order chi connectivity index (χ1) is 65.1. The number of hydrogen-bond donors (Lipinski definition) is 23. The number of carbonyl (C=O) groups excluding carboxylic acids is 16. The number of carbonyl (C=O) groups is 16. The second-order valence-electron chi connectivity index (χ2n) is 33.5. The van der Waals surface area contributed by atoms with Gasteiger partial charge in [0, 0.05) is 101 Å². The Morgan fingerprint density at radius 2 is 1.19 bits per heavy atom. The van der Waals surface area contributed by atoms with E-state index in [1.54, 1.807) is 49.5 Å². The number of aliphatic hydroxyl groups excluding tert-OH is 2.